The van der Waals surface area contributed by atoms with Gasteiger partial charge in [0, 0.05) is 19.3 Å². The number of likely N-dealkylation sites (N-methyl/N-ethyl adjacent to an activating group) is 1. The Morgan fingerprint density at radius 1 is 1.53 bits per heavy atom. The number of fused-ring (bicyclic) bond motifs is 1. The molecule has 1 aliphatic rings. The zero-order valence-electron chi connectivity index (χ0n) is 8.66. The summed E-state index contributed by atoms with van der Waals surface area (Å²) in [4.78, 5) is 12.9. The molecule has 15 heavy (non-hydrogen) atoms. The molecule has 78 valence electrons. The monoisotopic (exact) mass is 203 g/mol. The maximum Gasteiger partial charge on any atom is 0.335 e. The standard InChI is InChI=1S/C12H13NO2/c1-8(12(14)15)9-3-4-11-10(7-9)5-6-13(11)2/h3-4,7H,1,5-6H2,2H3,(H,14,15). The Morgan fingerprint density at radius 3 is 2.93 bits per heavy atom. The van der Waals surface area contributed by atoms with Gasteiger partial charge >= 0.3 is 5.97 Å². The zero-order chi connectivity index (χ0) is 11.0. The van der Waals surface area contributed by atoms with E-state index in [9.17, 15) is 4.79 Å². The first-order valence-electron chi connectivity index (χ1n) is 4.86. The van der Waals surface area contributed by atoms with Crippen LogP contribution in [0.1, 0.15) is 11.1 Å². The molecule has 0 saturated heterocycles. The van der Waals surface area contributed by atoms with Crippen molar-refractivity contribution in [2.75, 3.05) is 18.5 Å². The van der Waals surface area contributed by atoms with Crippen LogP contribution in [0.3, 0.4) is 0 Å². The van der Waals surface area contributed by atoms with Crippen molar-refractivity contribution in [2.24, 2.45) is 0 Å². The maximum absolute atomic E-state index is 10.8. The van der Waals surface area contributed by atoms with Crippen LogP contribution >= 0.6 is 0 Å². The highest BCUT2D eigenvalue weighted by atomic mass is 16.4. The molecule has 0 fully saturated rings. The van der Waals surface area contributed by atoms with Gasteiger partial charge in [0.25, 0.3) is 0 Å². The van der Waals surface area contributed by atoms with Gasteiger partial charge in [0.05, 0.1) is 5.57 Å². The molecular formula is C12H13NO2. The number of carbonyl (C=O) groups is 1. The molecule has 0 aliphatic carbocycles. The van der Waals surface area contributed by atoms with E-state index in [1.807, 2.05) is 25.2 Å². The molecule has 3 heteroatoms. The molecule has 0 aromatic heterocycles. The lowest BCUT2D eigenvalue weighted by Gasteiger charge is -2.12. The third-order valence-electron chi connectivity index (χ3n) is 2.81. The number of anilines is 1. The molecule has 0 saturated carbocycles. The van der Waals surface area contributed by atoms with Crippen LogP contribution in [0.15, 0.2) is 24.8 Å². The summed E-state index contributed by atoms with van der Waals surface area (Å²) < 4.78 is 0. The number of carboxylic acids is 1. The molecule has 0 unspecified atom stereocenters. The van der Waals surface area contributed by atoms with Crippen LogP contribution in [0, 0.1) is 0 Å². The average Bonchev–Trinajstić information content (AvgIpc) is 2.59. The Kier molecular flexibility index (Phi) is 2.23. The van der Waals surface area contributed by atoms with Crippen LogP contribution in [0.4, 0.5) is 5.69 Å². The van der Waals surface area contributed by atoms with E-state index in [2.05, 4.69) is 11.5 Å². The normalized spacial score (nSPS) is 13.8. The molecule has 1 aromatic rings. The Morgan fingerprint density at radius 2 is 2.27 bits per heavy atom. The Labute approximate surface area is 88.6 Å². The number of hydrogen-bond acceptors (Lipinski definition) is 2. The Balaban J connectivity index is 2.39. The first-order valence-corrected chi connectivity index (χ1v) is 4.86. The van der Waals surface area contributed by atoms with Crippen LogP contribution in [-0.2, 0) is 11.2 Å². The number of benzene rings is 1. The summed E-state index contributed by atoms with van der Waals surface area (Å²) in [5.74, 6) is -0.957. The third kappa shape index (κ3) is 1.61. The van der Waals surface area contributed by atoms with E-state index in [4.69, 9.17) is 5.11 Å². The maximum atomic E-state index is 10.8. The smallest absolute Gasteiger partial charge is 0.335 e. The van der Waals surface area contributed by atoms with Crippen LogP contribution in [-0.4, -0.2) is 24.7 Å². The van der Waals surface area contributed by atoms with E-state index in [-0.39, 0.29) is 5.57 Å². The summed E-state index contributed by atoms with van der Waals surface area (Å²) in [5, 5.41) is 8.83. The summed E-state index contributed by atoms with van der Waals surface area (Å²) >= 11 is 0. The van der Waals surface area contributed by atoms with Gasteiger partial charge in [-0.25, -0.2) is 4.79 Å². The quantitative estimate of drug-likeness (QED) is 0.745. The van der Waals surface area contributed by atoms with Crippen molar-refractivity contribution in [2.45, 2.75) is 6.42 Å². The minimum atomic E-state index is -0.957. The fourth-order valence-corrected chi connectivity index (χ4v) is 1.88. The van der Waals surface area contributed by atoms with Crippen LogP contribution < -0.4 is 4.90 Å². The molecule has 0 spiro atoms. The fourth-order valence-electron chi connectivity index (χ4n) is 1.88. The second-order valence-corrected chi connectivity index (χ2v) is 3.80. The molecule has 0 atom stereocenters. The SMILES string of the molecule is C=C(C(=O)O)c1ccc2c(c1)CCN2C. The third-order valence-corrected chi connectivity index (χ3v) is 2.81. The predicted octanol–water partition coefficient (Wildman–Crippen LogP) is 1.78. The molecule has 1 aromatic carbocycles. The van der Waals surface area contributed by atoms with Gasteiger partial charge in [-0.15, -0.1) is 0 Å². The van der Waals surface area contributed by atoms with Crippen LogP contribution in [0.2, 0.25) is 0 Å². The van der Waals surface area contributed by atoms with Crippen LogP contribution in [0.5, 0.6) is 0 Å². The van der Waals surface area contributed by atoms with Gasteiger partial charge in [0.15, 0.2) is 0 Å². The van der Waals surface area contributed by atoms with Crippen molar-refractivity contribution in [1.29, 1.82) is 0 Å². The first kappa shape index (κ1) is 9.77. The van der Waals surface area contributed by atoms with Gasteiger partial charge in [-0.1, -0.05) is 12.6 Å². The summed E-state index contributed by atoms with van der Waals surface area (Å²) in [6, 6.07) is 5.71. The van der Waals surface area contributed by atoms with E-state index < -0.39 is 5.97 Å². The second kappa shape index (κ2) is 3.42. The molecular weight excluding hydrogens is 190 g/mol. The van der Waals surface area contributed by atoms with Gasteiger partial charge in [0.2, 0.25) is 0 Å². The molecule has 1 N–H and O–H groups in total. The fraction of sp³-hybridized carbons (Fsp3) is 0.250. The zero-order valence-corrected chi connectivity index (χ0v) is 8.66. The van der Waals surface area contributed by atoms with Crippen molar-refractivity contribution in [3.63, 3.8) is 0 Å². The van der Waals surface area contributed by atoms with E-state index in [0.717, 1.165) is 13.0 Å². The van der Waals surface area contributed by atoms with Crippen molar-refractivity contribution in [3.8, 4) is 0 Å². The van der Waals surface area contributed by atoms with E-state index in [1.165, 1.54) is 11.3 Å². The predicted molar refractivity (Wildman–Crippen MR) is 60.1 cm³/mol. The lowest BCUT2D eigenvalue weighted by Crippen LogP contribution is -2.12. The number of hydrogen-bond donors (Lipinski definition) is 1. The number of aliphatic carboxylic acids is 1. The summed E-state index contributed by atoms with van der Waals surface area (Å²) in [7, 11) is 2.04. The van der Waals surface area contributed by atoms with E-state index >= 15 is 0 Å². The van der Waals surface area contributed by atoms with Gasteiger partial charge in [-0.2, -0.15) is 0 Å². The van der Waals surface area contributed by atoms with Crippen molar-refractivity contribution in [1.82, 2.24) is 0 Å². The van der Waals surface area contributed by atoms with Gasteiger partial charge in [0.1, 0.15) is 0 Å². The van der Waals surface area contributed by atoms with Crippen molar-refractivity contribution >= 4 is 17.2 Å². The molecule has 3 nitrogen and oxygen atoms in total. The Hall–Kier alpha value is -1.77. The molecule has 0 bridgehead atoms. The summed E-state index contributed by atoms with van der Waals surface area (Å²) in [6.07, 6.45) is 0.979. The van der Waals surface area contributed by atoms with Crippen molar-refractivity contribution < 1.29 is 9.90 Å². The van der Waals surface area contributed by atoms with Gasteiger partial charge < -0.3 is 10.0 Å². The molecule has 2 rings (SSSR count). The minimum absolute atomic E-state index is 0.160. The topological polar surface area (TPSA) is 40.5 Å². The number of nitrogens with zero attached hydrogens (tertiary/aromatic N) is 1. The van der Waals surface area contributed by atoms with Crippen molar-refractivity contribution in [3.05, 3.63) is 35.9 Å². The second-order valence-electron chi connectivity index (χ2n) is 3.80. The highest BCUT2D eigenvalue weighted by Gasteiger charge is 2.17. The number of carboxylic acid groups (broad SMARTS) is 1. The molecule has 0 amide bonds. The summed E-state index contributed by atoms with van der Waals surface area (Å²) in [5.41, 5.74) is 3.26. The molecule has 1 aliphatic heterocycles. The minimum Gasteiger partial charge on any atom is -0.478 e. The highest BCUT2D eigenvalue weighted by Crippen LogP contribution is 2.29. The largest absolute Gasteiger partial charge is 0.478 e. The molecule has 1 heterocycles. The average molecular weight is 203 g/mol. The Bertz CT molecular complexity index is 437. The lowest BCUT2D eigenvalue weighted by molar-refractivity contribution is -0.130. The van der Waals surface area contributed by atoms with Crippen LogP contribution in [0.25, 0.3) is 5.57 Å². The van der Waals surface area contributed by atoms with E-state index in [0.29, 0.717) is 5.56 Å². The highest BCUT2D eigenvalue weighted by molar-refractivity contribution is 6.14. The van der Waals surface area contributed by atoms with E-state index in [1.54, 1.807) is 0 Å². The van der Waals surface area contributed by atoms with Gasteiger partial charge in [-0.3, -0.25) is 0 Å². The van der Waals surface area contributed by atoms with Gasteiger partial charge in [-0.05, 0) is 29.7 Å². The lowest BCUT2D eigenvalue weighted by atomic mass is 10.0. The molecule has 0 radical (unpaired) electrons. The number of rotatable bonds is 2. The first-order chi connectivity index (χ1) is 7.09. The summed E-state index contributed by atoms with van der Waals surface area (Å²) in [6.45, 7) is 4.55.